The molecule has 2 N–H and O–H groups in total. The lowest BCUT2D eigenvalue weighted by molar-refractivity contribution is 0.393. The van der Waals surface area contributed by atoms with Crippen LogP contribution < -0.4 is 10.5 Å². The number of nitrogens with zero attached hydrogens (tertiary/aromatic N) is 4. The molecule has 0 aromatic carbocycles. The molecule has 2 aromatic rings. The van der Waals surface area contributed by atoms with Gasteiger partial charge >= 0.3 is 0 Å². The minimum absolute atomic E-state index is 0. The summed E-state index contributed by atoms with van der Waals surface area (Å²) in [4.78, 5) is 8.24. The van der Waals surface area contributed by atoms with E-state index >= 15 is 0 Å². The quantitative estimate of drug-likeness (QED) is 0.889. The molecule has 2 heterocycles. The maximum atomic E-state index is 5.85. The second kappa shape index (κ2) is 5.60. The monoisotopic (exact) mass is 255 g/mol. The van der Waals surface area contributed by atoms with Gasteiger partial charge in [-0.1, -0.05) is 0 Å². The third-order valence-electron chi connectivity index (χ3n) is 2.13. The average Bonchev–Trinajstić information content (AvgIpc) is 2.74. The van der Waals surface area contributed by atoms with Crippen LogP contribution in [0.25, 0.3) is 5.95 Å². The molecule has 0 fully saturated rings. The van der Waals surface area contributed by atoms with Gasteiger partial charge in [-0.3, -0.25) is 0 Å². The van der Waals surface area contributed by atoms with Crippen LogP contribution in [-0.4, -0.2) is 26.9 Å². The normalized spacial score (nSPS) is 11.7. The molecule has 0 aliphatic rings. The molecule has 92 valence electrons. The number of halogens is 1. The van der Waals surface area contributed by atoms with Gasteiger partial charge in [-0.2, -0.15) is 4.68 Å². The van der Waals surface area contributed by atoms with Gasteiger partial charge in [0.05, 0.1) is 12.8 Å². The Kier molecular flexibility index (Phi) is 4.42. The van der Waals surface area contributed by atoms with E-state index in [4.69, 9.17) is 10.5 Å². The lowest BCUT2D eigenvalue weighted by Crippen LogP contribution is -2.13. The van der Waals surface area contributed by atoms with Crippen LogP contribution in [0.2, 0.25) is 0 Å². The summed E-state index contributed by atoms with van der Waals surface area (Å²) in [5.41, 5.74) is 6.66. The van der Waals surface area contributed by atoms with E-state index in [2.05, 4.69) is 15.1 Å². The number of aromatic nitrogens is 4. The molecule has 0 radical (unpaired) electrons. The first-order chi connectivity index (χ1) is 7.72. The topological polar surface area (TPSA) is 78.9 Å². The minimum Gasteiger partial charge on any atom is -0.480 e. The zero-order valence-corrected chi connectivity index (χ0v) is 10.4. The highest BCUT2D eigenvalue weighted by Gasteiger charge is 2.14. The summed E-state index contributed by atoms with van der Waals surface area (Å²) in [7, 11) is 1.56. The summed E-state index contributed by atoms with van der Waals surface area (Å²) in [6, 6.07) is 3.36. The highest BCUT2D eigenvalue weighted by Crippen LogP contribution is 2.18. The predicted molar refractivity (Wildman–Crippen MR) is 65.6 cm³/mol. The molecule has 1 unspecified atom stereocenters. The van der Waals surface area contributed by atoms with Crippen LogP contribution in [0.15, 0.2) is 24.5 Å². The van der Waals surface area contributed by atoms with E-state index in [0.717, 1.165) is 5.69 Å². The van der Waals surface area contributed by atoms with Gasteiger partial charge in [-0.05, 0) is 13.0 Å². The van der Waals surface area contributed by atoms with Crippen molar-refractivity contribution in [2.45, 2.75) is 13.0 Å². The van der Waals surface area contributed by atoms with Crippen LogP contribution in [0.5, 0.6) is 5.88 Å². The van der Waals surface area contributed by atoms with Crippen LogP contribution in [0, 0.1) is 0 Å². The third-order valence-corrected chi connectivity index (χ3v) is 2.13. The van der Waals surface area contributed by atoms with Gasteiger partial charge < -0.3 is 10.5 Å². The zero-order chi connectivity index (χ0) is 11.5. The summed E-state index contributed by atoms with van der Waals surface area (Å²) < 4.78 is 6.65. The van der Waals surface area contributed by atoms with Crippen LogP contribution >= 0.6 is 12.4 Å². The number of hydrogen-bond donors (Lipinski definition) is 1. The molecule has 1 atom stereocenters. The minimum atomic E-state index is -0.166. The van der Waals surface area contributed by atoms with Gasteiger partial charge in [0.15, 0.2) is 0 Å². The van der Waals surface area contributed by atoms with Gasteiger partial charge in [-0.25, -0.2) is 9.97 Å². The molecular weight excluding hydrogens is 242 g/mol. The van der Waals surface area contributed by atoms with E-state index < -0.39 is 0 Å². The van der Waals surface area contributed by atoms with E-state index in [1.165, 1.54) is 0 Å². The Morgan fingerprint density at radius 1 is 1.35 bits per heavy atom. The Balaban J connectivity index is 0.00000144. The third kappa shape index (κ3) is 2.72. The molecule has 17 heavy (non-hydrogen) atoms. The number of nitrogens with two attached hydrogens (primary N) is 1. The van der Waals surface area contributed by atoms with Crippen molar-refractivity contribution in [3.63, 3.8) is 0 Å². The SMILES string of the molecule is COc1cc(C(C)N)n(-c2ncccn2)n1.Cl. The van der Waals surface area contributed by atoms with Gasteiger partial charge in [0.2, 0.25) is 5.88 Å². The molecule has 6 nitrogen and oxygen atoms in total. The van der Waals surface area contributed by atoms with Crippen molar-refractivity contribution < 1.29 is 4.74 Å². The molecule has 0 bridgehead atoms. The van der Waals surface area contributed by atoms with Crippen LogP contribution in [0.4, 0.5) is 0 Å². The Morgan fingerprint density at radius 3 is 2.53 bits per heavy atom. The average molecular weight is 256 g/mol. The molecule has 0 spiro atoms. The number of hydrogen-bond acceptors (Lipinski definition) is 5. The van der Waals surface area contributed by atoms with Gasteiger partial charge in [-0.15, -0.1) is 17.5 Å². The van der Waals surface area contributed by atoms with Crippen molar-refractivity contribution in [1.82, 2.24) is 19.7 Å². The smallest absolute Gasteiger partial charge is 0.250 e. The molecule has 0 saturated carbocycles. The number of methoxy groups -OCH3 is 1. The highest BCUT2D eigenvalue weighted by atomic mass is 35.5. The Hall–Kier alpha value is -1.66. The lowest BCUT2D eigenvalue weighted by Gasteiger charge is -2.06. The van der Waals surface area contributed by atoms with Crippen molar-refractivity contribution in [3.05, 3.63) is 30.2 Å². The van der Waals surface area contributed by atoms with Crippen LogP contribution in [-0.2, 0) is 0 Å². The molecule has 2 rings (SSSR count). The van der Waals surface area contributed by atoms with Crippen LogP contribution in [0.1, 0.15) is 18.7 Å². The predicted octanol–water partition coefficient (Wildman–Crippen LogP) is 1.11. The Morgan fingerprint density at radius 2 is 2.00 bits per heavy atom. The fraction of sp³-hybridized carbons (Fsp3) is 0.300. The maximum Gasteiger partial charge on any atom is 0.250 e. The fourth-order valence-corrected chi connectivity index (χ4v) is 1.36. The summed E-state index contributed by atoms with van der Waals surface area (Å²) in [5.74, 6) is 0.984. The number of ether oxygens (including phenoxy) is 1. The molecule has 7 heteroatoms. The van der Waals surface area contributed by atoms with E-state index in [1.54, 1.807) is 36.3 Å². The van der Waals surface area contributed by atoms with Gasteiger partial charge in [0, 0.05) is 24.5 Å². The van der Waals surface area contributed by atoms with Crippen molar-refractivity contribution >= 4 is 12.4 Å². The van der Waals surface area contributed by atoms with E-state index in [9.17, 15) is 0 Å². The second-order valence-corrected chi connectivity index (χ2v) is 3.36. The van der Waals surface area contributed by atoms with Crippen molar-refractivity contribution in [2.24, 2.45) is 5.73 Å². The van der Waals surface area contributed by atoms with Crippen LogP contribution in [0.3, 0.4) is 0 Å². The summed E-state index contributed by atoms with van der Waals surface area (Å²) in [5, 5.41) is 4.21. The van der Waals surface area contributed by atoms with E-state index in [-0.39, 0.29) is 18.4 Å². The summed E-state index contributed by atoms with van der Waals surface area (Å²) in [6.07, 6.45) is 3.31. The highest BCUT2D eigenvalue weighted by molar-refractivity contribution is 5.85. The van der Waals surface area contributed by atoms with E-state index in [1.807, 2.05) is 6.92 Å². The second-order valence-electron chi connectivity index (χ2n) is 3.36. The fourth-order valence-electron chi connectivity index (χ4n) is 1.36. The zero-order valence-electron chi connectivity index (χ0n) is 9.57. The maximum absolute atomic E-state index is 5.85. The Bertz CT molecular complexity index is 471. The van der Waals surface area contributed by atoms with Crippen molar-refractivity contribution in [1.29, 1.82) is 0 Å². The molecule has 0 saturated heterocycles. The summed E-state index contributed by atoms with van der Waals surface area (Å²) in [6.45, 7) is 1.87. The first-order valence-corrected chi connectivity index (χ1v) is 4.89. The molecule has 0 aliphatic heterocycles. The first-order valence-electron chi connectivity index (χ1n) is 4.89. The molecule has 0 amide bonds. The van der Waals surface area contributed by atoms with E-state index in [0.29, 0.717) is 11.8 Å². The van der Waals surface area contributed by atoms with Gasteiger partial charge in [0.25, 0.3) is 5.95 Å². The molecule has 2 aromatic heterocycles. The standard InChI is InChI=1S/C10H13N5O.ClH/c1-7(11)8-6-9(16-2)14-15(8)10-12-4-3-5-13-10;/h3-7H,11H2,1-2H3;1H. The number of rotatable bonds is 3. The Labute approximate surface area is 105 Å². The first kappa shape index (κ1) is 13.4. The molecule has 0 aliphatic carbocycles. The molecular formula is C10H14ClN5O. The lowest BCUT2D eigenvalue weighted by atomic mass is 10.2. The van der Waals surface area contributed by atoms with Crippen molar-refractivity contribution in [3.8, 4) is 11.8 Å². The summed E-state index contributed by atoms with van der Waals surface area (Å²) >= 11 is 0. The largest absolute Gasteiger partial charge is 0.480 e. The van der Waals surface area contributed by atoms with Gasteiger partial charge in [0.1, 0.15) is 0 Å². The van der Waals surface area contributed by atoms with Crippen molar-refractivity contribution in [2.75, 3.05) is 7.11 Å².